The number of hydrogen-bond donors (Lipinski definition) is 4. The molecule has 2 aromatic rings. The van der Waals surface area contributed by atoms with Gasteiger partial charge in [-0.15, -0.1) is 0 Å². The third-order valence-electron chi connectivity index (χ3n) is 9.63. The summed E-state index contributed by atoms with van der Waals surface area (Å²) in [7, 11) is 1.96. The topological polar surface area (TPSA) is 220 Å². The number of aliphatic hydroxyl groups is 2. The number of methoxy groups -OCH3 is 2. The lowest BCUT2D eigenvalue weighted by Crippen LogP contribution is -2.70. The summed E-state index contributed by atoms with van der Waals surface area (Å²) in [5.74, 6) is -13.7. The lowest BCUT2D eigenvalue weighted by Gasteiger charge is -2.49. The normalized spacial score (nSPS) is 33.0. The number of ether oxygens (including phenoxy) is 4. The molecule has 0 amide bonds. The molecule has 0 spiro atoms. The minimum absolute atomic E-state index is 0.145. The number of hydrogen-bond acceptors (Lipinski definition) is 14. The average Bonchev–Trinajstić information content (AvgIpc) is 3.01. The maximum atomic E-state index is 14.0. The van der Waals surface area contributed by atoms with E-state index in [2.05, 4.69) is 0 Å². The van der Waals surface area contributed by atoms with Gasteiger partial charge >= 0.3 is 11.9 Å². The van der Waals surface area contributed by atoms with Gasteiger partial charge in [0.2, 0.25) is 11.2 Å². The van der Waals surface area contributed by atoms with Crippen LogP contribution in [0.25, 0.3) is 11.1 Å². The molecule has 0 aromatic heterocycles. The molecule has 4 N–H and O–H groups in total. The zero-order chi connectivity index (χ0) is 33.6. The molecular formula is C32H30O14. The highest BCUT2D eigenvalue weighted by atomic mass is 16.6. The highest BCUT2D eigenvalue weighted by Gasteiger charge is 2.69. The van der Waals surface area contributed by atoms with Crippen LogP contribution in [-0.2, 0) is 28.7 Å². The first-order chi connectivity index (χ1) is 21.7. The Morgan fingerprint density at radius 1 is 0.696 bits per heavy atom. The number of carbonyl (C=O) groups is 6. The van der Waals surface area contributed by atoms with Crippen molar-refractivity contribution in [1.29, 1.82) is 0 Å². The molecule has 2 aromatic carbocycles. The number of Topliss-reactive ketones (excluding diaryl/α,β-unsaturated/α-hetero) is 4. The molecule has 4 aliphatic rings. The van der Waals surface area contributed by atoms with Gasteiger partial charge in [0, 0.05) is 24.0 Å². The lowest BCUT2D eigenvalue weighted by atomic mass is 9.63. The molecule has 0 bridgehead atoms. The van der Waals surface area contributed by atoms with Crippen molar-refractivity contribution in [3.8, 4) is 34.1 Å². The number of benzene rings is 2. The Balaban J connectivity index is 1.65. The highest BCUT2D eigenvalue weighted by Crippen LogP contribution is 2.56. The van der Waals surface area contributed by atoms with Gasteiger partial charge in [-0.3, -0.25) is 19.2 Å². The predicted octanol–water partition coefficient (Wildman–Crippen LogP) is 0.911. The first kappa shape index (κ1) is 31.2. The summed E-state index contributed by atoms with van der Waals surface area (Å²) in [5, 5.41) is 44.3. The second-order valence-electron chi connectivity index (χ2n) is 12.2. The van der Waals surface area contributed by atoms with Crippen molar-refractivity contribution in [2.75, 3.05) is 14.2 Å². The molecule has 2 aliphatic carbocycles. The minimum Gasteiger partial charge on any atom is -0.507 e. The molecule has 2 aliphatic heterocycles. The van der Waals surface area contributed by atoms with Crippen LogP contribution in [0.4, 0.5) is 0 Å². The monoisotopic (exact) mass is 638 g/mol. The number of fused-ring (bicyclic) bond motifs is 4. The summed E-state index contributed by atoms with van der Waals surface area (Å²) in [6.07, 6.45) is -4.00. The largest absolute Gasteiger partial charge is 0.507 e. The van der Waals surface area contributed by atoms with Gasteiger partial charge in [-0.05, 0) is 36.1 Å². The van der Waals surface area contributed by atoms with Crippen molar-refractivity contribution < 1.29 is 68.1 Å². The Bertz CT molecular complexity index is 1630. The summed E-state index contributed by atoms with van der Waals surface area (Å²) in [6.45, 7) is 2.96. The van der Waals surface area contributed by atoms with Gasteiger partial charge in [0.1, 0.15) is 69.7 Å². The summed E-state index contributed by atoms with van der Waals surface area (Å²) in [5.41, 5.74) is -6.47. The van der Waals surface area contributed by atoms with Crippen molar-refractivity contribution in [2.24, 2.45) is 23.7 Å². The van der Waals surface area contributed by atoms with Crippen LogP contribution in [0.2, 0.25) is 0 Å². The molecule has 8 atom stereocenters. The summed E-state index contributed by atoms with van der Waals surface area (Å²) >= 11 is 0. The maximum absolute atomic E-state index is 14.0. The van der Waals surface area contributed by atoms with Crippen LogP contribution in [-0.4, -0.2) is 93.1 Å². The van der Waals surface area contributed by atoms with Crippen LogP contribution in [0.5, 0.6) is 23.0 Å². The zero-order valence-corrected chi connectivity index (χ0v) is 25.1. The quantitative estimate of drug-likeness (QED) is 0.271. The summed E-state index contributed by atoms with van der Waals surface area (Å²) in [6, 6.07) is 4.60. The smallest absolute Gasteiger partial charge is 0.354 e. The van der Waals surface area contributed by atoms with Gasteiger partial charge in [-0.2, -0.15) is 0 Å². The van der Waals surface area contributed by atoms with Crippen molar-refractivity contribution >= 4 is 35.1 Å². The SMILES string of the molecule is COC(=O)C12Oc3c(-c4ccc(O)c5c4OC4(C(=O)OC)C(C(=O)CC(C)C4O)C5=O)ccc(O)c3C(=O)C1C(=O)CC(C)C2O. The summed E-state index contributed by atoms with van der Waals surface area (Å²) in [4.78, 5) is 81.1. The first-order valence-corrected chi connectivity index (χ1v) is 14.5. The molecule has 46 heavy (non-hydrogen) atoms. The number of phenols is 2. The van der Waals surface area contributed by atoms with E-state index < -0.39 is 116 Å². The van der Waals surface area contributed by atoms with E-state index in [0.717, 1.165) is 26.4 Å². The van der Waals surface area contributed by atoms with Gasteiger partial charge in [-0.25, -0.2) is 9.59 Å². The molecule has 242 valence electrons. The number of aromatic hydroxyl groups is 2. The van der Waals surface area contributed by atoms with Crippen LogP contribution in [0.1, 0.15) is 47.4 Å². The number of aliphatic hydroxyl groups excluding tert-OH is 2. The Hall–Kier alpha value is -4.82. The molecule has 2 heterocycles. The van der Waals surface area contributed by atoms with Gasteiger partial charge in [0.25, 0.3) is 0 Å². The standard InChI is InChI=1S/C32H30O14/c1-11-9-17(35)21-23(37)19-15(33)7-5-13(25(19)45-31(21,27(11)39)29(41)43-3)14-6-8-16(34)20-24(38)22-18(36)10-12(2)28(40)32(22,30(42)44-4)46-26(14)20/h5-8,11-12,21-22,27-28,33-34,39-40H,9-10H2,1-4H3. The van der Waals surface area contributed by atoms with Crippen LogP contribution in [0.15, 0.2) is 24.3 Å². The first-order valence-electron chi connectivity index (χ1n) is 14.5. The fourth-order valence-corrected chi connectivity index (χ4v) is 7.44. The van der Waals surface area contributed by atoms with Crippen molar-refractivity contribution in [1.82, 2.24) is 0 Å². The van der Waals surface area contributed by atoms with Crippen LogP contribution < -0.4 is 9.47 Å². The second kappa shape index (κ2) is 10.4. The van der Waals surface area contributed by atoms with Crippen molar-refractivity contribution in [3.05, 3.63) is 35.4 Å². The van der Waals surface area contributed by atoms with E-state index in [1.165, 1.54) is 26.0 Å². The molecule has 2 saturated carbocycles. The molecule has 0 radical (unpaired) electrons. The van der Waals surface area contributed by atoms with E-state index in [1.54, 1.807) is 0 Å². The maximum Gasteiger partial charge on any atom is 0.354 e. The average molecular weight is 639 g/mol. The van der Waals surface area contributed by atoms with E-state index in [4.69, 9.17) is 18.9 Å². The van der Waals surface area contributed by atoms with E-state index in [0.29, 0.717) is 0 Å². The van der Waals surface area contributed by atoms with E-state index in [-0.39, 0.29) is 24.0 Å². The Labute approximate surface area is 260 Å². The van der Waals surface area contributed by atoms with Gasteiger partial charge in [0.05, 0.1) is 14.2 Å². The van der Waals surface area contributed by atoms with Crippen molar-refractivity contribution in [3.63, 3.8) is 0 Å². The van der Waals surface area contributed by atoms with Crippen molar-refractivity contribution in [2.45, 2.75) is 50.1 Å². The minimum atomic E-state index is -2.57. The number of ketones is 4. The van der Waals surface area contributed by atoms with E-state index >= 15 is 0 Å². The third-order valence-corrected chi connectivity index (χ3v) is 9.63. The van der Waals surface area contributed by atoms with Crippen LogP contribution >= 0.6 is 0 Å². The molecular weight excluding hydrogens is 608 g/mol. The van der Waals surface area contributed by atoms with Gasteiger partial charge in [0.15, 0.2) is 11.6 Å². The van der Waals surface area contributed by atoms with Crippen LogP contribution in [0.3, 0.4) is 0 Å². The third kappa shape index (κ3) is 3.76. The fourth-order valence-electron chi connectivity index (χ4n) is 7.44. The zero-order valence-electron chi connectivity index (χ0n) is 25.1. The predicted molar refractivity (Wildman–Crippen MR) is 151 cm³/mol. The fraction of sp³-hybridized carbons (Fsp3) is 0.438. The number of carbonyl (C=O) groups excluding carboxylic acids is 6. The molecule has 2 fully saturated rings. The number of rotatable bonds is 3. The Morgan fingerprint density at radius 3 is 1.37 bits per heavy atom. The van der Waals surface area contributed by atoms with E-state index in [9.17, 15) is 49.2 Å². The number of esters is 2. The molecule has 0 saturated heterocycles. The Kier molecular flexibility index (Phi) is 7.02. The molecule has 8 unspecified atom stereocenters. The van der Waals surface area contributed by atoms with Gasteiger partial charge < -0.3 is 39.4 Å². The molecule has 14 nitrogen and oxygen atoms in total. The Morgan fingerprint density at radius 2 is 1.04 bits per heavy atom. The van der Waals surface area contributed by atoms with Crippen LogP contribution in [0, 0.1) is 23.7 Å². The summed E-state index contributed by atoms with van der Waals surface area (Å²) < 4.78 is 22.1. The van der Waals surface area contributed by atoms with Gasteiger partial charge in [-0.1, -0.05) is 13.8 Å². The molecule has 6 rings (SSSR count). The number of phenolic OH excluding ortho intramolecular Hbond substituents is 2. The lowest BCUT2D eigenvalue weighted by molar-refractivity contribution is -0.191. The van der Waals surface area contributed by atoms with E-state index in [1.807, 2.05) is 0 Å². The highest BCUT2D eigenvalue weighted by molar-refractivity contribution is 6.21. The molecule has 14 heteroatoms. The second-order valence-corrected chi connectivity index (χ2v) is 12.2.